The van der Waals surface area contributed by atoms with E-state index >= 15 is 0 Å². The minimum atomic E-state index is 0. The van der Waals surface area contributed by atoms with Crippen molar-refractivity contribution in [1.29, 1.82) is 0 Å². The third-order valence-electron chi connectivity index (χ3n) is 2.79. The van der Waals surface area contributed by atoms with Crippen LogP contribution in [0.5, 0.6) is 0 Å². The summed E-state index contributed by atoms with van der Waals surface area (Å²) in [5, 5.41) is 0. The van der Waals surface area contributed by atoms with Crippen molar-refractivity contribution >= 4 is 16.2 Å². The smallest absolute Gasteiger partial charge is 0.147 e. The molecule has 0 atom stereocenters. The number of halogens is 1. The van der Waals surface area contributed by atoms with E-state index in [1.54, 1.807) is 0 Å². The summed E-state index contributed by atoms with van der Waals surface area (Å²) in [4.78, 5) is 0. The zero-order chi connectivity index (χ0) is 15.5. The predicted octanol–water partition coefficient (Wildman–Crippen LogP) is 6.12. The van der Waals surface area contributed by atoms with Crippen molar-refractivity contribution in [1.82, 2.24) is 0 Å². The van der Waals surface area contributed by atoms with Crippen LogP contribution in [0.15, 0.2) is 34.4 Å². The van der Waals surface area contributed by atoms with Gasteiger partial charge in [-0.15, -0.1) is 25.2 Å². The first-order valence-electron chi connectivity index (χ1n) is 7.44. The Bertz CT molecular complexity index is 396. The quantitative estimate of drug-likeness (QED) is 0.419. The van der Waals surface area contributed by atoms with Crippen LogP contribution in [-0.2, 0) is 20.0 Å². The predicted molar refractivity (Wildman–Crippen MR) is 94.4 cm³/mol. The van der Waals surface area contributed by atoms with Crippen LogP contribution in [0, 0.1) is 12.2 Å². The molecule has 0 bridgehead atoms. The first-order valence-corrected chi connectivity index (χ1v) is 8.22. The van der Waals surface area contributed by atoms with Gasteiger partial charge in [-0.3, -0.25) is 12.2 Å². The molecule has 0 saturated carbocycles. The third kappa shape index (κ3) is 13.2. The SMILES string of the molecule is CCC1=[C-]CC(C)=C1.CCC1=[C-]CC(C)=C1.C[C](C)=[Ti+2].Cl. The van der Waals surface area contributed by atoms with Gasteiger partial charge in [-0.1, -0.05) is 40.5 Å². The largest absolute Gasteiger partial charge is 0.147 e. The third-order valence-corrected chi connectivity index (χ3v) is 2.79. The summed E-state index contributed by atoms with van der Waals surface area (Å²) in [7, 11) is 0. The maximum Gasteiger partial charge on any atom is -0.147 e. The van der Waals surface area contributed by atoms with Crippen molar-refractivity contribution < 1.29 is 20.0 Å². The molecule has 0 heterocycles. The average Bonchev–Trinajstić information content (AvgIpc) is 2.97. The molecular weight excluding hydrogens is 312 g/mol. The first kappa shape index (κ1) is 23.1. The fourth-order valence-electron chi connectivity index (χ4n) is 1.76. The summed E-state index contributed by atoms with van der Waals surface area (Å²) in [6.45, 7) is 12.8. The van der Waals surface area contributed by atoms with E-state index in [4.69, 9.17) is 0 Å². The molecule has 0 unspecified atom stereocenters. The Kier molecular flexibility index (Phi) is 14.8. The monoisotopic (exact) mass is 340 g/mol. The van der Waals surface area contributed by atoms with Crippen LogP contribution in [0.2, 0.25) is 0 Å². The average molecular weight is 341 g/mol. The summed E-state index contributed by atoms with van der Waals surface area (Å²) in [6, 6.07) is 0. The Balaban J connectivity index is 0. The van der Waals surface area contributed by atoms with E-state index in [1.165, 1.54) is 26.1 Å². The fraction of sp³-hybridized carbons (Fsp3) is 0.526. The van der Waals surface area contributed by atoms with Crippen LogP contribution in [0.4, 0.5) is 0 Å². The second kappa shape index (κ2) is 13.5. The molecule has 0 amide bonds. The Hall–Kier alpha value is -0.166. The topological polar surface area (TPSA) is 0 Å². The molecule has 21 heavy (non-hydrogen) atoms. The van der Waals surface area contributed by atoms with E-state index in [0.29, 0.717) is 0 Å². The van der Waals surface area contributed by atoms with Crippen LogP contribution in [-0.4, -0.2) is 3.81 Å². The van der Waals surface area contributed by atoms with E-state index in [9.17, 15) is 0 Å². The molecule has 0 N–H and O–H groups in total. The molecule has 0 aromatic carbocycles. The summed E-state index contributed by atoms with van der Waals surface area (Å²) >= 11 is 2.08. The van der Waals surface area contributed by atoms with Gasteiger partial charge in [0.25, 0.3) is 0 Å². The van der Waals surface area contributed by atoms with Gasteiger partial charge in [0, 0.05) is 0 Å². The van der Waals surface area contributed by atoms with Crippen LogP contribution >= 0.6 is 12.4 Å². The van der Waals surface area contributed by atoms with Gasteiger partial charge in [0.2, 0.25) is 0 Å². The molecule has 2 aliphatic rings. The van der Waals surface area contributed by atoms with Gasteiger partial charge >= 0.3 is 37.6 Å². The van der Waals surface area contributed by atoms with Crippen molar-refractivity contribution in [3.05, 3.63) is 46.6 Å². The number of allylic oxidation sites excluding steroid dienone is 8. The fourth-order valence-corrected chi connectivity index (χ4v) is 1.76. The zero-order valence-electron chi connectivity index (χ0n) is 14.4. The van der Waals surface area contributed by atoms with Crippen molar-refractivity contribution in [2.24, 2.45) is 0 Å². The minimum Gasteiger partial charge on any atom is -0.147 e. The van der Waals surface area contributed by atoms with Crippen LogP contribution < -0.4 is 0 Å². The molecule has 0 aliphatic heterocycles. The Labute approximate surface area is 149 Å². The van der Waals surface area contributed by atoms with Crippen molar-refractivity contribution in [3.8, 4) is 0 Å². The van der Waals surface area contributed by atoms with Gasteiger partial charge in [0.05, 0.1) is 0 Å². The van der Waals surface area contributed by atoms with Crippen LogP contribution in [0.3, 0.4) is 0 Å². The number of rotatable bonds is 2. The first-order chi connectivity index (χ1) is 9.38. The molecular formula is C19H29ClTi. The Morgan fingerprint density at radius 2 is 1.24 bits per heavy atom. The van der Waals surface area contributed by atoms with Gasteiger partial charge in [-0.25, -0.2) is 23.3 Å². The Morgan fingerprint density at radius 3 is 1.33 bits per heavy atom. The molecule has 2 heteroatoms. The van der Waals surface area contributed by atoms with E-state index in [1.807, 2.05) is 0 Å². The summed E-state index contributed by atoms with van der Waals surface area (Å²) in [5.41, 5.74) is 5.65. The molecule has 0 saturated heterocycles. The van der Waals surface area contributed by atoms with Crippen LogP contribution in [0.1, 0.15) is 67.2 Å². The second-order valence-corrected chi connectivity index (χ2v) is 7.01. The van der Waals surface area contributed by atoms with E-state index in [2.05, 4.69) is 85.8 Å². The summed E-state index contributed by atoms with van der Waals surface area (Å²) in [6.07, 6.45) is 15.4. The molecule has 116 valence electrons. The minimum absolute atomic E-state index is 0. The molecule has 0 fully saturated rings. The molecule has 0 aromatic rings. The molecule has 0 aromatic heterocycles. The van der Waals surface area contributed by atoms with Crippen LogP contribution in [0.25, 0.3) is 0 Å². The molecule has 0 spiro atoms. The molecule has 0 nitrogen and oxygen atoms in total. The number of hydrogen-bond donors (Lipinski definition) is 0. The Morgan fingerprint density at radius 1 is 0.952 bits per heavy atom. The normalized spacial score (nSPS) is 15.2. The molecule has 0 radical (unpaired) electrons. The second-order valence-electron chi connectivity index (χ2n) is 5.45. The van der Waals surface area contributed by atoms with E-state index in [-0.39, 0.29) is 12.4 Å². The van der Waals surface area contributed by atoms with Crippen molar-refractivity contribution in [2.45, 2.75) is 67.2 Å². The van der Waals surface area contributed by atoms with Crippen molar-refractivity contribution in [2.75, 3.05) is 0 Å². The molecule has 2 rings (SSSR count). The van der Waals surface area contributed by atoms with E-state index in [0.717, 1.165) is 25.7 Å². The maximum absolute atomic E-state index is 3.28. The van der Waals surface area contributed by atoms with Gasteiger partial charge in [0.15, 0.2) is 0 Å². The zero-order valence-corrected chi connectivity index (χ0v) is 16.8. The van der Waals surface area contributed by atoms with Gasteiger partial charge in [-0.2, -0.15) is 11.1 Å². The van der Waals surface area contributed by atoms with Gasteiger partial charge in [0.1, 0.15) is 0 Å². The molecule has 2 aliphatic carbocycles. The van der Waals surface area contributed by atoms with Gasteiger partial charge < -0.3 is 0 Å². The standard InChI is InChI=1S/2C8H11.C3H6.ClH.Ti/c2*1-3-8-5-4-7(2)6-8;1-3-2;;/h2*6H,3-4H2,1-2H3;1-2H3;1H;/q2*-1;;;+2. The summed E-state index contributed by atoms with van der Waals surface area (Å²) in [5.74, 6) is 0. The van der Waals surface area contributed by atoms with E-state index < -0.39 is 0 Å². The van der Waals surface area contributed by atoms with Crippen molar-refractivity contribution in [3.63, 3.8) is 0 Å². The maximum atomic E-state index is 3.28. The number of hydrogen-bond acceptors (Lipinski definition) is 0. The van der Waals surface area contributed by atoms with Gasteiger partial charge in [-0.05, 0) is 0 Å². The summed E-state index contributed by atoms with van der Waals surface area (Å²) < 4.78 is 1.42.